The summed E-state index contributed by atoms with van der Waals surface area (Å²) in [5.41, 5.74) is 2.16. The SMILES string of the molecule is Cc1ccc([C@@H](C)NC(=O)CN(c2cccc(Cl)c2Cl)S(=O)(=O)c2ccccc2)cc1. The minimum atomic E-state index is -4.07. The van der Waals surface area contributed by atoms with E-state index in [-0.39, 0.29) is 26.7 Å². The predicted octanol–water partition coefficient (Wildman–Crippen LogP) is 5.37. The molecule has 1 atom stereocenters. The molecule has 162 valence electrons. The van der Waals surface area contributed by atoms with Crippen LogP contribution in [0.15, 0.2) is 77.7 Å². The number of aryl methyl sites for hydroxylation is 1. The van der Waals surface area contributed by atoms with Gasteiger partial charge in [0.05, 0.1) is 26.7 Å². The summed E-state index contributed by atoms with van der Waals surface area (Å²) >= 11 is 12.4. The monoisotopic (exact) mass is 476 g/mol. The highest BCUT2D eigenvalue weighted by Crippen LogP contribution is 2.35. The van der Waals surface area contributed by atoms with E-state index in [0.29, 0.717) is 0 Å². The molecule has 0 radical (unpaired) electrons. The average Bonchev–Trinajstić information content (AvgIpc) is 2.75. The maximum Gasteiger partial charge on any atom is 0.264 e. The number of nitrogens with one attached hydrogen (secondary N) is 1. The Morgan fingerprint density at radius 2 is 1.61 bits per heavy atom. The molecule has 0 heterocycles. The first-order valence-electron chi connectivity index (χ1n) is 9.58. The van der Waals surface area contributed by atoms with Crippen LogP contribution in [0, 0.1) is 6.92 Å². The van der Waals surface area contributed by atoms with Crippen LogP contribution in [0.1, 0.15) is 24.1 Å². The first-order chi connectivity index (χ1) is 14.7. The second-order valence-electron chi connectivity index (χ2n) is 7.10. The van der Waals surface area contributed by atoms with Gasteiger partial charge < -0.3 is 5.32 Å². The number of hydrogen-bond acceptors (Lipinski definition) is 3. The van der Waals surface area contributed by atoms with Crippen LogP contribution in [0.2, 0.25) is 10.0 Å². The predicted molar refractivity (Wildman–Crippen MR) is 125 cm³/mol. The van der Waals surface area contributed by atoms with Crippen molar-refractivity contribution >= 4 is 44.8 Å². The highest BCUT2D eigenvalue weighted by molar-refractivity contribution is 7.92. The van der Waals surface area contributed by atoms with Crippen LogP contribution < -0.4 is 9.62 Å². The van der Waals surface area contributed by atoms with Crippen LogP contribution in [-0.2, 0) is 14.8 Å². The van der Waals surface area contributed by atoms with Crippen LogP contribution in [0.5, 0.6) is 0 Å². The van der Waals surface area contributed by atoms with E-state index in [1.165, 1.54) is 18.2 Å². The molecular weight excluding hydrogens is 455 g/mol. The van der Waals surface area contributed by atoms with Crippen molar-refractivity contribution in [3.05, 3.63) is 94.0 Å². The van der Waals surface area contributed by atoms with Crippen molar-refractivity contribution in [1.29, 1.82) is 0 Å². The number of nitrogens with zero attached hydrogens (tertiary/aromatic N) is 1. The zero-order chi connectivity index (χ0) is 22.6. The molecule has 8 heteroatoms. The Kier molecular flexibility index (Phi) is 7.26. The summed E-state index contributed by atoms with van der Waals surface area (Å²) in [5.74, 6) is -0.469. The summed E-state index contributed by atoms with van der Waals surface area (Å²) < 4.78 is 27.7. The molecule has 0 aromatic heterocycles. The second-order valence-corrected chi connectivity index (χ2v) is 9.75. The Morgan fingerprint density at radius 1 is 0.968 bits per heavy atom. The van der Waals surface area contributed by atoms with E-state index in [1.807, 2.05) is 38.1 Å². The lowest BCUT2D eigenvalue weighted by atomic mass is 10.1. The largest absolute Gasteiger partial charge is 0.348 e. The Hall–Kier alpha value is -2.54. The topological polar surface area (TPSA) is 66.5 Å². The summed E-state index contributed by atoms with van der Waals surface area (Å²) in [7, 11) is -4.07. The average molecular weight is 477 g/mol. The van der Waals surface area contributed by atoms with Gasteiger partial charge in [-0.05, 0) is 43.7 Å². The second kappa shape index (κ2) is 9.73. The zero-order valence-electron chi connectivity index (χ0n) is 17.0. The highest BCUT2D eigenvalue weighted by atomic mass is 35.5. The maximum atomic E-state index is 13.4. The quantitative estimate of drug-likeness (QED) is 0.497. The van der Waals surface area contributed by atoms with Crippen LogP contribution in [0.4, 0.5) is 5.69 Å². The molecule has 3 aromatic carbocycles. The van der Waals surface area contributed by atoms with Crippen molar-refractivity contribution in [2.24, 2.45) is 0 Å². The minimum absolute atomic E-state index is 0.0467. The number of carbonyl (C=O) groups is 1. The Morgan fingerprint density at radius 3 is 2.26 bits per heavy atom. The van der Waals surface area contributed by atoms with Gasteiger partial charge >= 0.3 is 0 Å². The van der Waals surface area contributed by atoms with Gasteiger partial charge in [0.15, 0.2) is 0 Å². The molecule has 0 aliphatic heterocycles. The fourth-order valence-electron chi connectivity index (χ4n) is 3.06. The first-order valence-corrected chi connectivity index (χ1v) is 11.8. The minimum Gasteiger partial charge on any atom is -0.348 e. The molecule has 1 amide bonds. The number of halogens is 2. The molecule has 3 aromatic rings. The number of rotatable bonds is 7. The lowest BCUT2D eigenvalue weighted by molar-refractivity contribution is -0.120. The van der Waals surface area contributed by atoms with Gasteiger partial charge in [-0.3, -0.25) is 9.10 Å². The molecule has 0 unspecified atom stereocenters. The number of sulfonamides is 1. The van der Waals surface area contributed by atoms with Gasteiger partial charge in [0.25, 0.3) is 10.0 Å². The van der Waals surface area contributed by atoms with Crippen LogP contribution in [0.3, 0.4) is 0 Å². The zero-order valence-corrected chi connectivity index (χ0v) is 19.4. The maximum absolute atomic E-state index is 13.4. The normalized spacial score (nSPS) is 12.3. The third-order valence-corrected chi connectivity index (χ3v) is 7.36. The number of carbonyl (C=O) groups excluding carboxylic acids is 1. The number of anilines is 1. The molecule has 0 saturated carbocycles. The van der Waals surface area contributed by atoms with Crippen LogP contribution in [-0.4, -0.2) is 20.9 Å². The summed E-state index contributed by atoms with van der Waals surface area (Å²) in [6.07, 6.45) is 0. The molecular formula is C23H22Cl2N2O3S. The van der Waals surface area contributed by atoms with E-state index in [2.05, 4.69) is 5.32 Å². The van der Waals surface area contributed by atoms with Gasteiger partial charge in [0.2, 0.25) is 5.91 Å². The molecule has 5 nitrogen and oxygen atoms in total. The van der Waals surface area contributed by atoms with Crippen molar-refractivity contribution in [1.82, 2.24) is 5.32 Å². The smallest absolute Gasteiger partial charge is 0.264 e. The van der Waals surface area contributed by atoms with Crippen LogP contribution >= 0.6 is 23.2 Å². The molecule has 0 saturated heterocycles. The summed E-state index contributed by atoms with van der Waals surface area (Å²) in [6, 6.07) is 20.0. The van der Waals surface area contributed by atoms with E-state index < -0.39 is 22.5 Å². The molecule has 0 aliphatic carbocycles. The molecule has 0 fully saturated rings. The number of benzene rings is 3. The number of hydrogen-bond donors (Lipinski definition) is 1. The van der Waals surface area contributed by atoms with Gasteiger partial charge in [0.1, 0.15) is 6.54 Å². The summed E-state index contributed by atoms with van der Waals surface area (Å²) in [5, 5.41) is 3.11. The van der Waals surface area contributed by atoms with Crippen molar-refractivity contribution in [3.8, 4) is 0 Å². The van der Waals surface area contributed by atoms with E-state index in [1.54, 1.807) is 30.3 Å². The van der Waals surface area contributed by atoms with Crippen molar-refractivity contribution in [3.63, 3.8) is 0 Å². The fraction of sp³-hybridized carbons (Fsp3) is 0.174. The fourth-order valence-corrected chi connectivity index (χ4v) is 4.96. The lowest BCUT2D eigenvalue weighted by Crippen LogP contribution is -2.41. The van der Waals surface area contributed by atoms with Gasteiger partial charge in [-0.2, -0.15) is 0 Å². The van der Waals surface area contributed by atoms with Crippen molar-refractivity contribution in [2.75, 3.05) is 10.8 Å². The van der Waals surface area contributed by atoms with E-state index in [4.69, 9.17) is 23.2 Å². The van der Waals surface area contributed by atoms with E-state index in [0.717, 1.165) is 15.4 Å². The Balaban J connectivity index is 1.92. The molecule has 0 aliphatic rings. The van der Waals surface area contributed by atoms with Crippen molar-refractivity contribution < 1.29 is 13.2 Å². The van der Waals surface area contributed by atoms with Crippen LogP contribution in [0.25, 0.3) is 0 Å². The van der Waals surface area contributed by atoms with Gasteiger partial charge in [-0.15, -0.1) is 0 Å². The first kappa shape index (κ1) is 23.1. The molecule has 1 N–H and O–H groups in total. The Bertz CT molecular complexity index is 1170. The van der Waals surface area contributed by atoms with Gasteiger partial charge in [-0.25, -0.2) is 8.42 Å². The Labute approximate surface area is 192 Å². The molecule has 31 heavy (non-hydrogen) atoms. The van der Waals surface area contributed by atoms with E-state index in [9.17, 15) is 13.2 Å². The summed E-state index contributed by atoms with van der Waals surface area (Å²) in [6.45, 7) is 3.37. The number of amides is 1. The molecule has 3 rings (SSSR count). The highest BCUT2D eigenvalue weighted by Gasteiger charge is 2.29. The van der Waals surface area contributed by atoms with Gasteiger partial charge in [0, 0.05) is 0 Å². The lowest BCUT2D eigenvalue weighted by Gasteiger charge is -2.26. The van der Waals surface area contributed by atoms with E-state index >= 15 is 0 Å². The van der Waals surface area contributed by atoms with Crippen molar-refractivity contribution in [2.45, 2.75) is 24.8 Å². The molecule has 0 bridgehead atoms. The third kappa shape index (κ3) is 5.39. The standard InChI is InChI=1S/C23H22Cl2N2O3S/c1-16-11-13-18(14-12-16)17(2)26-22(28)15-27(21-10-6-9-20(24)23(21)25)31(29,30)19-7-4-3-5-8-19/h3-14,17H,15H2,1-2H3,(H,26,28)/t17-/m1/s1. The summed E-state index contributed by atoms with van der Waals surface area (Å²) in [4.78, 5) is 12.9. The molecule has 0 spiro atoms. The van der Waals surface area contributed by atoms with Gasteiger partial charge in [-0.1, -0.05) is 77.3 Å². The third-order valence-electron chi connectivity index (χ3n) is 4.77.